The third-order valence-electron chi connectivity index (χ3n) is 4.03. The Morgan fingerprint density at radius 1 is 1.21 bits per heavy atom. The van der Waals surface area contributed by atoms with Crippen LogP contribution < -0.4 is 15.7 Å². The summed E-state index contributed by atoms with van der Waals surface area (Å²) in [6.07, 6.45) is 0. The fourth-order valence-corrected chi connectivity index (χ4v) is 2.92. The van der Waals surface area contributed by atoms with Gasteiger partial charge in [0.15, 0.2) is 5.82 Å². The predicted octanol–water partition coefficient (Wildman–Crippen LogP) is 3.73. The highest BCUT2D eigenvalue weighted by atomic mass is 35.5. The molecule has 0 unspecified atom stereocenters. The zero-order valence-corrected chi connectivity index (χ0v) is 16.2. The number of hydroxylamine groups is 1. The van der Waals surface area contributed by atoms with E-state index in [0.29, 0.717) is 28.0 Å². The summed E-state index contributed by atoms with van der Waals surface area (Å²) in [4.78, 5) is 17.8. The molecule has 0 spiro atoms. The van der Waals surface area contributed by atoms with E-state index in [0.717, 1.165) is 5.69 Å². The molecule has 3 aromatic rings. The van der Waals surface area contributed by atoms with Gasteiger partial charge in [-0.2, -0.15) is 0 Å². The third kappa shape index (κ3) is 4.05. The molecule has 2 aromatic carbocycles. The van der Waals surface area contributed by atoms with Crippen LogP contribution in [0.3, 0.4) is 0 Å². The lowest BCUT2D eigenvalue weighted by molar-refractivity contribution is 0.114. The van der Waals surface area contributed by atoms with E-state index in [9.17, 15) is 9.18 Å². The van der Waals surface area contributed by atoms with E-state index in [-0.39, 0.29) is 5.82 Å². The molecule has 146 valence electrons. The quantitative estimate of drug-likeness (QED) is 0.633. The molecular weight excluding hydrogens is 387 g/mol. The number of aromatic nitrogens is 3. The van der Waals surface area contributed by atoms with E-state index >= 15 is 0 Å². The van der Waals surface area contributed by atoms with Gasteiger partial charge in [0.1, 0.15) is 5.82 Å². The number of urea groups is 1. The number of hydrogen-bond donors (Lipinski definition) is 2. The minimum atomic E-state index is -0.520. The summed E-state index contributed by atoms with van der Waals surface area (Å²) < 4.78 is 14.9. The van der Waals surface area contributed by atoms with Crippen molar-refractivity contribution in [2.24, 2.45) is 7.05 Å². The maximum Gasteiger partial charge on any atom is 0.343 e. The number of nitrogens with one attached hydrogen (secondary N) is 2. The Bertz CT molecular complexity index is 992. The van der Waals surface area contributed by atoms with E-state index < -0.39 is 6.03 Å². The monoisotopic (exact) mass is 404 g/mol. The average molecular weight is 405 g/mol. The SMILES string of the molecule is CONC(=O)Nc1ccc(-c2nnc(N(C)c3ccc(F)cc3)n2C)c(Cl)c1. The Morgan fingerprint density at radius 3 is 2.57 bits per heavy atom. The van der Waals surface area contributed by atoms with Gasteiger partial charge in [0.25, 0.3) is 0 Å². The minimum absolute atomic E-state index is 0.310. The highest BCUT2D eigenvalue weighted by molar-refractivity contribution is 6.33. The van der Waals surface area contributed by atoms with E-state index in [1.165, 1.54) is 19.2 Å². The molecule has 0 radical (unpaired) electrons. The number of anilines is 3. The second kappa shape index (κ2) is 8.24. The molecule has 0 aliphatic heterocycles. The molecule has 1 heterocycles. The summed E-state index contributed by atoms with van der Waals surface area (Å²) in [5, 5.41) is 11.4. The molecule has 3 rings (SSSR count). The van der Waals surface area contributed by atoms with E-state index in [1.54, 1.807) is 46.8 Å². The van der Waals surface area contributed by atoms with Crippen LogP contribution in [0.4, 0.5) is 26.5 Å². The number of benzene rings is 2. The Morgan fingerprint density at radius 2 is 1.93 bits per heavy atom. The molecule has 8 nitrogen and oxygen atoms in total. The van der Waals surface area contributed by atoms with Crippen molar-refractivity contribution in [3.8, 4) is 11.4 Å². The molecular formula is C18H18ClFN6O2. The molecule has 10 heteroatoms. The Hall–Kier alpha value is -3.17. The van der Waals surface area contributed by atoms with Crippen LogP contribution in [0.25, 0.3) is 11.4 Å². The summed E-state index contributed by atoms with van der Waals surface area (Å²) in [6.45, 7) is 0. The zero-order chi connectivity index (χ0) is 20.3. The lowest BCUT2D eigenvalue weighted by Gasteiger charge is -2.18. The Labute approximate surface area is 165 Å². The number of nitrogens with zero attached hydrogens (tertiary/aromatic N) is 4. The maximum absolute atomic E-state index is 13.2. The first-order valence-electron chi connectivity index (χ1n) is 8.19. The van der Waals surface area contributed by atoms with Gasteiger partial charge in [0.05, 0.1) is 12.1 Å². The maximum atomic E-state index is 13.2. The van der Waals surface area contributed by atoms with Gasteiger partial charge in [0.2, 0.25) is 5.95 Å². The molecule has 0 saturated carbocycles. The minimum Gasteiger partial charge on any atom is -0.314 e. The van der Waals surface area contributed by atoms with Crippen LogP contribution in [0.1, 0.15) is 0 Å². The highest BCUT2D eigenvalue weighted by Crippen LogP contribution is 2.31. The smallest absolute Gasteiger partial charge is 0.314 e. The van der Waals surface area contributed by atoms with Crippen LogP contribution in [0.2, 0.25) is 5.02 Å². The predicted molar refractivity (Wildman–Crippen MR) is 105 cm³/mol. The van der Waals surface area contributed by atoms with Gasteiger partial charge in [0, 0.05) is 31.0 Å². The standard InChI is InChI=1S/C18H18ClFN6O2/c1-25(13-7-4-11(20)5-8-13)18-23-22-16(26(18)2)14-9-6-12(10-15(14)19)21-17(27)24-28-3/h4-10H,1-3H3,(H2,21,24,27). The molecule has 0 fully saturated rings. The molecule has 1 aromatic heterocycles. The fraction of sp³-hybridized carbons (Fsp3) is 0.167. The van der Waals surface area contributed by atoms with Gasteiger partial charge in [-0.15, -0.1) is 10.2 Å². The van der Waals surface area contributed by atoms with Crippen molar-refractivity contribution in [3.05, 3.63) is 53.3 Å². The van der Waals surface area contributed by atoms with Crippen molar-refractivity contribution in [1.82, 2.24) is 20.2 Å². The zero-order valence-electron chi connectivity index (χ0n) is 15.4. The number of halogens is 2. The topological polar surface area (TPSA) is 84.3 Å². The summed E-state index contributed by atoms with van der Waals surface area (Å²) in [7, 11) is 4.95. The molecule has 0 aliphatic rings. The second-order valence-corrected chi connectivity index (χ2v) is 6.28. The van der Waals surface area contributed by atoms with Gasteiger partial charge >= 0.3 is 6.03 Å². The van der Waals surface area contributed by atoms with Crippen molar-refractivity contribution < 1.29 is 14.0 Å². The van der Waals surface area contributed by atoms with E-state index in [4.69, 9.17) is 11.6 Å². The number of hydrogen-bond acceptors (Lipinski definition) is 5. The van der Waals surface area contributed by atoms with Crippen LogP contribution in [-0.4, -0.2) is 35.0 Å². The van der Waals surface area contributed by atoms with Crippen LogP contribution >= 0.6 is 11.6 Å². The molecule has 2 amide bonds. The molecule has 0 saturated heterocycles. The Balaban J connectivity index is 1.87. The molecule has 0 atom stereocenters. The lowest BCUT2D eigenvalue weighted by Crippen LogP contribution is -2.27. The van der Waals surface area contributed by atoms with E-state index in [2.05, 4.69) is 25.8 Å². The van der Waals surface area contributed by atoms with Crippen LogP contribution in [-0.2, 0) is 11.9 Å². The van der Waals surface area contributed by atoms with Crippen LogP contribution in [0, 0.1) is 5.82 Å². The molecule has 28 heavy (non-hydrogen) atoms. The van der Waals surface area contributed by atoms with Crippen molar-refractivity contribution >= 4 is 35.0 Å². The van der Waals surface area contributed by atoms with E-state index in [1.807, 2.05) is 7.05 Å². The molecule has 0 bridgehead atoms. The van der Waals surface area contributed by atoms with Gasteiger partial charge in [-0.3, -0.25) is 9.40 Å². The second-order valence-electron chi connectivity index (χ2n) is 5.87. The number of carbonyl (C=O) groups excluding carboxylic acids is 1. The summed E-state index contributed by atoms with van der Waals surface area (Å²) >= 11 is 6.38. The average Bonchev–Trinajstić information content (AvgIpc) is 3.03. The summed E-state index contributed by atoms with van der Waals surface area (Å²) in [6, 6.07) is 10.6. The first-order valence-corrected chi connectivity index (χ1v) is 8.57. The van der Waals surface area contributed by atoms with Crippen molar-refractivity contribution in [2.45, 2.75) is 0 Å². The Kier molecular flexibility index (Phi) is 5.76. The van der Waals surface area contributed by atoms with Crippen LogP contribution in [0.5, 0.6) is 0 Å². The largest absolute Gasteiger partial charge is 0.343 e. The van der Waals surface area contributed by atoms with Gasteiger partial charge in [-0.05, 0) is 42.5 Å². The number of carbonyl (C=O) groups is 1. The van der Waals surface area contributed by atoms with Gasteiger partial charge in [-0.1, -0.05) is 11.6 Å². The van der Waals surface area contributed by atoms with Gasteiger partial charge in [-0.25, -0.2) is 14.7 Å². The number of amides is 2. The van der Waals surface area contributed by atoms with Crippen molar-refractivity contribution in [1.29, 1.82) is 0 Å². The van der Waals surface area contributed by atoms with Crippen molar-refractivity contribution in [3.63, 3.8) is 0 Å². The first-order chi connectivity index (χ1) is 13.4. The first kappa shape index (κ1) is 19.6. The van der Waals surface area contributed by atoms with Gasteiger partial charge < -0.3 is 10.2 Å². The number of rotatable bonds is 5. The fourth-order valence-electron chi connectivity index (χ4n) is 2.65. The lowest BCUT2D eigenvalue weighted by atomic mass is 10.2. The summed E-state index contributed by atoms with van der Waals surface area (Å²) in [5.41, 5.74) is 4.06. The molecule has 0 aliphatic carbocycles. The molecule has 2 N–H and O–H groups in total. The van der Waals surface area contributed by atoms with Crippen molar-refractivity contribution in [2.75, 3.05) is 24.4 Å². The third-order valence-corrected chi connectivity index (χ3v) is 4.34. The highest BCUT2D eigenvalue weighted by Gasteiger charge is 2.18. The summed E-state index contributed by atoms with van der Waals surface area (Å²) in [5.74, 6) is 0.789. The van der Waals surface area contributed by atoms with Crippen LogP contribution in [0.15, 0.2) is 42.5 Å². The normalized spacial score (nSPS) is 10.6.